The molecule has 0 aliphatic heterocycles. The molecule has 0 heterocycles. The average Bonchev–Trinajstić information content (AvgIpc) is 2.38. The highest BCUT2D eigenvalue weighted by Crippen LogP contribution is 2.20. The predicted molar refractivity (Wildman–Crippen MR) is 72.4 cm³/mol. The van der Waals surface area contributed by atoms with Gasteiger partial charge in [-0.3, -0.25) is 9.59 Å². The van der Waals surface area contributed by atoms with Crippen LogP contribution in [0.25, 0.3) is 0 Å². The molecule has 2 aromatic rings. The van der Waals surface area contributed by atoms with E-state index < -0.39 is 0 Å². The molecule has 0 aromatic heterocycles. The van der Waals surface area contributed by atoms with Gasteiger partial charge in [-0.2, -0.15) is 0 Å². The Morgan fingerprint density at radius 3 is 2.26 bits per heavy atom. The van der Waals surface area contributed by atoms with Gasteiger partial charge in [0, 0.05) is 18.1 Å². The van der Waals surface area contributed by atoms with E-state index in [1.54, 1.807) is 30.3 Å². The molecule has 0 aliphatic rings. The topological polar surface area (TPSA) is 43.4 Å². The van der Waals surface area contributed by atoms with Crippen molar-refractivity contribution in [3.05, 3.63) is 65.2 Å². The van der Waals surface area contributed by atoms with Gasteiger partial charge < -0.3 is 4.74 Å². The van der Waals surface area contributed by atoms with Crippen LogP contribution in [0.3, 0.4) is 0 Å². The Bertz CT molecular complexity index is 615. The van der Waals surface area contributed by atoms with Crippen LogP contribution in [0.2, 0.25) is 0 Å². The minimum Gasteiger partial charge on any atom is -0.427 e. The van der Waals surface area contributed by atoms with Crippen molar-refractivity contribution in [3.8, 4) is 5.75 Å². The predicted octanol–water partition coefficient (Wildman–Crippen LogP) is 3.15. The molecule has 0 saturated carbocycles. The first-order valence-corrected chi connectivity index (χ1v) is 5.97. The molecule has 3 heteroatoms. The first-order chi connectivity index (χ1) is 9.08. The summed E-state index contributed by atoms with van der Waals surface area (Å²) in [4.78, 5) is 23.2. The van der Waals surface area contributed by atoms with E-state index >= 15 is 0 Å². The number of esters is 1. The Balaban J connectivity index is 2.31. The fourth-order valence-electron chi connectivity index (χ4n) is 1.87. The molecule has 0 fully saturated rings. The molecule has 0 unspecified atom stereocenters. The standard InChI is InChI=1S/C16H14O3/c1-11-10-14(19-12(2)17)8-9-15(11)16(18)13-6-4-3-5-7-13/h3-10H,1-2H3. The van der Waals surface area contributed by atoms with E-state index in [4.69, 9.17) is 4.74 Å². The highest BCUT2D eigenvalue weighted by Gasteiger charge is 2.12. The summed E-state index contributed by atoms with van der Waals surface area (Å²) in [5.41, 5.74) is 2.04. The zero-order chi connectivity index (χ0) is 13.8. The number of hydrogen-bond donors (Lipinski definition) is 0. The van der Waals surface area contributed by atoms with Crippen LogP contribution >= 0.6 is 0 Å². The molecule has 0 N–H and O–H groups in total. The molecule has 0 amide bonds. The average molecular weight is 254 g/mol. The van der Waals surface area contributed by atoms with Gasteiger partial charge in [0.05, 0.1) is 0 Å². The third-order valence-corrected chi connectivity index (χ3v) is 2.74. The second-order valence-corrected chi connectivity index (χ2v) is 4.27. The highest BCUT2D eigenvalue weighted by atomic mass is 16.5. The third kappa shape index (κ3) is 3.07. The van der Waals surface area contributed by atoms with Gasteiger partial charge in [0.25, 0.3) is 0 Å². The normalized spacial score (nSPS) is 10.0. The summed E-state index contributed by atoms with van der Waals surface area (Å²) in [5.74, 6) is 0.0450. The van der Waals surface area contributed by atoms with E-state index in [0.717, 1.165) is 5.56 Å². The Morgan fingerprint density at radius 2 is 1.68 bits per heavy atom. The van der Waals surface area contributed by atoms with Gasteiger partial charge in [-0.05, 0) is 30.7 Å². The lowest BCUT2D eigenvalue weighted by atomic mass is 9.99. The molecule has 0 bridgehead atoms. The van der Waals surface area contributed by atoms with Crippen molar-refractivity contribution < 1.29 is 14.3 Å². The first kappa shape index (κ1) is 13.0. The van der Waals surface area contributed by atoms with E-state index in [1.165, 1.54) is 6.92 Å². The fraction of sp³-hybridized carbons (Fsp3) is 0.125. The zero-order valence-electron chi connectivity index (χ0n) is 10.8. The third-order valence-electron chi connectivity index (χ3n) is 2.74. The van der Waals surface area contributed by atoms with Crippen molar-refractivity contribution in [2.75, 3.05) is 0 Å². The number of benzene rings is 2. The summed E-state index contributed by atoms with van der Waals surface area (Å²) < 4.78 is 4.99. The number of aryl methyl sites for hydroxylation is 1. The van der Waals surface area contributed by atoms with Crippen molar-refractivity contribution in [2.45, 2.75) is 13.8 Å². The van der Waals surface area contributed by atoms with Crippen molar-refractivity contribution in [1.82, 2.24) is 0 Å². The van der Waals surface area contributed by atoms with Gasteiger partial charge in [0.2, 0.25) is 0 Å². The number of carbonyl (C=O) groups is 2. The second-order valence-electron chi connectivity index (χ2n) is 4.27. The maximum Gasteiger partial charge on any atom is 0.308 e. The van der Waals surface area contributed by atoms with Crippen molar-refractivity contribution >= 4 is 11.8 Å². The molecule has 0 radical (unpaired) electrons. The Labute approximate surface area is 111 Å². The van der Waals surface area contributed by atoms with Gasteiger partial charge in [-0.1, -0.05) is 30.3 Å². The Hall–Kier alpha value is -2.42. The summed E-state index contributed by atoms with van der Waals surface area (Å²) in [7, 11) is 0. The van der Waals surface area contributed by atoms with Crippen LogP contribution < -0.4 is 4.74 Å². The van der Waals surface area contributed by atoms with Gasteiger partial charge in [0.15, 0.2) is 5.78 Å². The molecule has 2 aromatic carbocycles. The van der Waals surface area contributed by atoms with Crippen molar-refractivity contribution in [3.63, 3.8) is 0 Å². The fourth-order valence-corrected chi connectivity index (χ4v) is 1.87. The van der Waals surface area contributed by atoms with Crippen molar-refractivity contribution in [1.29, 1.82) is 0 Å². The van der Waals surface area contributed by atoms with Crippen LogP contribution in [0.1, 0.15) is 28.4 Å². The summed E-state index contributed by atoms with van der Waals surface area (Å²) in [6.07, 6.45) is 0. The van der Waals surface area contributed by atoms with E-state index in [-0.39, 0.29) is 11.8 Å². The molecule has 3 nitrogen and oxygen atoms in total. The number of carbonyl (C=O) groups excluding carboxylic acids is 2. The quantitative estimate of drug-likeness (QED) is 0.480. The molecule has 0 atom stereocenters. The molecule has 96 valence electrons. The maximum atomic E-state index is 12.3. The summed E-state index contributed by atoms with van der Waals surface area (Å²) in [6.45, 7) is 3.17. The summed E-state index contributed by atoms with van der Waals surface area (Å²) >= 11 is 0. The lowest BCUT2D eigenvalue weighted by Gasteiger charge is -2.07. The maximum absolute atomic E-state index is 12.3. The van der Waals surface area contributed by atoms with Crippen molar-refractivity contribution in [2.24, 2.45) is 0 Å². The van der Waals surface area contributed by atoms with Gasteiger partial charge >= 0.3 is 5.97 Å². The van der Waals surface area contributed by atoms with Crippen LogP contribution in [0.4, 0.5) is 0 Å². The van der Waals surface area contributed by atoms with Gasteiger partial charge in [-0.25, -0.2) is 0 Å². The molecule has 19 heavy (non-hydrogen) atoms. The minimum absolute atomic E-state index is 0.0347. The molecule has 2 rings (SSSR count). The zero-order valence-corrected chi connectivity index (χ0v) is 10.8. The smallest absolute Gasteiger partial charge is 0.308 e. The van der Waals surface area contributed by atoms with Crippen LogP contribution in [-0.2, 0) is 4.79 Å². The van der Waals surface area contributed by atoms with Gasteiger partial charge in [0.1, 0.15) is 5.75 Å². The Morgan fingerprint density at radius 1 is 1.00 bits per heavy atom. The molecular formula is C16H14O3. The molecule has 0 aliphatic carbocycles. The van der Waals surface area contributed by atoms with Crippen LogP contribution in [0, 0.1) is 6.92 Å². The van der Waals surface area contributed by atoms with E-state index in [0.29, 0.717) is 16.9 Å². The first-order valence-electron chi connectivity index (χ1n) is 5.97. The second kappa shape index (κ2) is 5.48. The minimum atomic E-state index is -0.374. The SMILES string of the molecule is CC(=O)Oc1ccc(C(=O)c2ccccc2)c(C)c1. The van der Waals surface area contributed by atoms with Crippen LogP contribution in [0.5, 0.6) is 5.75 Å². The number of ketones is 1. The monoisotopic (exact) mass is 254 g/mol. The molecule has 0 saturated heterocycles. The largest absolute Gasteiger partial charge is 0.427 e. The summed E-state index contributed by atoms with van der Waals surface area (Å²) in [5, 5.41) is 0. The van der Waals surface area contributed by atoms with Crippen LogP contribution in [0.15, 0.2) is 48.5 Å². The summed E-state index contributed by atoms with van der Waals surface area (Å²) in [6, 6.07) is 14.1. The van der Waals surface area contributed by atoms with Gasteiger partial charge in [-0.15, -0.1) is 0 Å². The lowest BCUT2D eigenvalue weighted by Crippen LogP contribution is -2.05. The van der Waals surface area contributed by atoms with E-state index in [1.807, 2.05) is 25.1 Å². The van der Waals surface area contributed by atoms with E-state index in [9.17, 15) is 9.59 Å². The number of ether oxygens (including phenoxy) is 1. The van der Waals surface area contributed by atoms with Crippen LogP contribution in [-0.4, -0.2) is 11.8 Å². The Kier molecular flexibility index (Phi) is 3.76. The lowest BCUT2D eigenvalue weighted by molar-refractivity contribution is -0.131. The number of rotatable bonds is 3. The molecular weight excluding hydrogens is 240 g/mol. The van der Waals surface area contributed by atoms with E-state index in [2.05, 4.69) is 0 Å². The molecule has 0 spiro atoms. The highest BCUT2D eigenvalue weighted by molar-refractivity contribution is 6.09. The number of hydrogen-bond acceptors (Lipinski definition) is 3.